The van der Waals surface area contributed by atoms with E-state index in [0.29, 0.717) is 6.42 Å². The molecule has 4 heteroatoms. The Labute approximate surface area is 236 Å². The van der Waals surface area contributed by atoms with E-state index < -0.39 is 5.41 Å². The van der Waals surface area contributed by atoms with Gasteiger partial charge in [0.2, 0.25) is 0 Å². The molecular weight excluding hydrogens is 488 g/mol. The van der Waals surface area contributed by atoms with Crippen LogP contribution in [-0.2, 0) is 13.0 Å². The van der Waals surface area contributed by atoms with Crippen molar-refractivity contribution in [1.82, 2.24) is 9.55 Å². The first-order valence-electron chi connectivity index (χ1n) is 14.4. The third-order valence-corrected chi connectivity index (χ3v) is 8.74. The lowest BCUT2D eigenvalue weighted by Crippen LogP contribution is -2.29. The van der Waals surface area contributed by atoms with Crippen LogP contribution in [-0.4, -0.2) is 9.55 Å². The maximum absolute atomic E-state index is 10.6. The number of hydrogen-bond acceptors (Lipinski definition) is 2. The smallest absolute Gasteiger partial charge is 0.150 e. The highest BCUT2D eigenvalue weighted by molar-refractivity contribution is 5.88. The predicted molar refractivity (Wildman–Crippen MR) is 162 cm³/mol. The Morgan fingerprint density at radius 2 is 1.65 bits per heavy atom. The van der Waals surface area contributed by atoms with Crippen LogP contribution in [0.2, 0.25) is 0 Å². The monoisotopic (exact) mass is 522 g/mol. The zero-order valence-corrected chi connectivity index (χ0v) is 23.0. The summed E-state index contributed by atoms with van der Waals surface area (Å²) in [6.07, 6.45) is 10.6. The first kappa shape index (κ1) is 25.7. The normalized spacial score (nSPS) is 18.4. The molecule has 0 saturated heterocycles. The molecule has 198 valence electrons. The Hall–Kier alpha value is -4.54. The maximum atomic E-state index is 10.6. The molecule has 0 spiro atoms. The molecule has 1 aliphatic carbocycles. The average molecular weight is 523 g/mol. The number of benzene rings is 3. The van der Waals surface area contributed by atoms with Crippen LogP contribution in [0.5, 0.6) is 0 Å². The van der Waals surface area contributed by atoms with Gasteiger partial charge in [0.25, 0.3) is 0 Å². The molecule has 4 nitrogen and oxygen atoms in total. The highest BCUT2D eigenvalue weighted by Gasteiger charge is 2.45. The summed E-state index contributed by atoms with van der Waals surface area (Å²) in [5.41, 5.74) is 6.00. The second-order valence-electron chi connectivity index (χ2n) is 11.1. The Balaban J connectivity index is 1.53. The Morgan fingerprint density at radius 1 is 0.925 bits per heavy atom. The fourth-order valence-corrected chi connectivity index (χ4v) is 6.71. The molecule has 0 bridgehead atoms. The van der Waals surface area contributed by atoms with Gasteiger partial charge in [0.1, 0.15) is 0 Å². The molecule has 0 unspecified atom stereocenters. The number of H-pyrrole nitrogens is 1. The molecule has 2 aromatic heterocycles. The van der Waals surface area contributed by atoms with E-state index in [1.54, 1.807) is 0 Å². The van der Waals surface area contributed by atoms with Crippen molar-refractivity contribution in [1.29, 1.82) is 10.5 Å². The van der Waals surface area contributed by atoms with Crippen molar-refractivity contribution in [3.05, 3.63) is 120 Å². The molecule has 40 heavy (non-hydrogen) atoms. The van der Waals surface area contributed by atoms with Crippen LogP contribution in [0, 0.1) is 34.0 Å². The van der Waals surface area contributed by atoms with Gasteiger partial charge in [-0.15, -0.1) is 0 Å². The van der Waals surface area contributed by atoms with Crippen molar-refractivity contribution in [2.75, 3.05) is 0 Å². The number of hydrogen-bond donors (Lipinski definition) is 1. The van der Waals surface area contributed by atoms with Gasteiger partial charge in [-0.3, -0.25) is 0 Å². The molecule has 0 saturated carbocycles. The molecular formula is C36H34N4. The van der Waals surface area contributed by atoms with Crippen LogP contribution in [0.4, 0.5) is 0 Å². The van der Waals surface area contributed by atoms with Crippen molar-refractivity contribution in [3.8, 4) is 12.1 Å². The standard InChI is InChI=1S/C36H34N4/c1-2-3-4-8-15-27-20-30(35-31(21-36(27,24-37)25-38)28-16-9-11-18-33(28)39-35)32-23-40(22-26-13-6-5-7-14-26)34-19-12-10-17-29(32)34/h3-7,9-14,16-19,23,27,30,39H,2,8,15,20-22H2,1H3/b4-3-/t27-,30-/m0/s1. The molecule has 1 aliphatic rings. The highest BCUT2D eigenvalue weighted by Crippen LogP contribution is 2.50. The summed E-state index contributed by atoms with van der Waals surface area (Å²) in [4.78, 5) is 3.77. The maximum Gasteiger partial charge on any atom is 0.150 e. The summed E-state index contributed by atoms with van der Waals surface area (Å²) in [5, 5.41) is 23.5. The van der Waals surface area contributed by atoms with E-state index in [0.717, 1.165) is 54.4 Å². The molecule has 1 N–H and O–H groups in total. The molecule has 3 aromatic carbocycles. The molecule has 0 amide bonds. The van der Waals surface area contributed by atoms with Crippen LogP contribution < -0.4 is 0 Å². The SMILES string of the molecule is CC/C=C\CC[C@H]1C[C@@H](c2cn(Cc3ccccc3)c3ccccc23)c2[nH]c3ccccc3c2CC1(C#N)C#N. The van der Waals surface area contributed by atoms with Gasteiger partial charge in [-0.2, -0.15) is 10.5 Å². The van der Waals surface area contributed by atoms with Gasteiger partial charge in [0.15, 0.2) is 5.41 Å². The van der Waals surface area contributed by atoms with Gasteiger partial charge in [0, 0.05) is 52.6 Å². The Bertz CT molecular complexity index is 1740. The lowest BCUT2D eigenvalue weighted by Gasteiger charge is -2.28. The van der Waals surface area contributed by atoms with Crippen LogP contribution in [0.25, 0.3) is 21.8 Å². The van der Waals surface area contributed by atoms with Gasteiger partial charge in [-0.1, -0.05) is 85.8 Å². The van der Waals surface area contributed by atoms with Crippen molar-refractivity contribution < 1.29 is 0 Å². The van der Waals surface area contributed by atoms with Gasteiger partial charge in [-0.25, -0.2) is 0 Å². The number of fused-ring (bicyclic) bond motifs is 4. The quantitative estimate of drug-likeness (QED) is 0.172. The van der Waals surface area contributed by atoms with E-state index in [1.165, 1.54) is 22.0 Å². The zero-order valence-electron chi connectivity index (χ0n) is 23.0. The van der Waals surface area contributed by atoms with Crippen LogP contribution in [0.15, 0.2) is 97.2 Å². The third kappa shape index (κ3) is 4.51. The Morgan fingerprint density at radius 3 is 2.42 bits per heavy atom. The number of nitrogens with one attached hydrogen (secondary N) is 1. The van der Waals surface area contributed by atoms with E-state index in [2.05, 4.69) is 120 Å². The number of rotatable bonds is 7. The summed E-state index contributed by atoms with van der Waals surface area (Å²) in [5.74, 6) is -0.00198. The van der Waals surface area contributed by atoms with Crippen LogP contribution >= 0.6 is 0 Å². The number of nitrogens with zero attached hydrogens (tertiary/aromatic N) is 3. The first-order chi connectivity index (χ1) is 19.7. The van der Waals surface area contributed by atoms with Crippen LogP contribution in [0.1, 0.15) is 60.9 Å². The van der Waals surface area contributed by atoms with Gasteiger partial charge >= 0.3 is 0 Å². The van der Waals surface area contributed by atoms with Gasteiger partial charge < -0.3 is 9.55 Å². The summed E-state index contributed by atoms with van der Waals surface area (Å²) < 4.78 is 2.36. The minimum Gasteiger partial charge on any atom is -0.358 e. The van der Waals surface area contributed by atoms with E-state index in [4.69, 9.17) is 0 Å². The second kappa shape index (κ2) is 10.9. The average Bonchev–Trinajstić information content (AvgIpc) is 3.50. The van der Waals surface area contributed by atoms with E-state index in [-0.39, 0.29) is 11.8 Å². The molecule has 2 heterocycles. The zero-order chi connectivity index (χ0) is 27.5. The molecule has 0 aliphatic heterocycles. The lowest BCUT2D eigenvalue weighted by molar-refractivity contribution is 0.279. The van der Waals surface area contributed by atoms with Crippen LogP contribution in [0.3, 0.4) is 0 Å². The molecule has 2 atom stereocenters. The summed E-state index contributed by atoms with van der Waals surface area (Å²) in [7, 11) is 0. The van der Waals surface area contributed by atoms with Crippen molar-refractivity contribution >= 4 is 21.8 Å². The minimum atomic E-state index is -1.07. The summed E-state index contributed by atoms with van der Waals surface area (Å²) >= 11 is 0. The summed E-state index contributed by atoms with van der Waals surface area (Å²) in [6, 6.07) is 32.6. The van der Waals surface area contributed by atoms with Crippen molar-refractivity contribution in [3.63, 3.8) is 0 Å². The van der Waals surface area contributed by atoms with E-state index in [9.17, 15) is 10.5 Å². The number of para-hydroxylation sites is 2. The molecule has 0 fully saturated rings. The molecule has 6 rings (SSSR count). The van der Waals surface area contributed by atoms with E-state index in [1.807, 2.05) is 6.07 Å². The third-order valence-electron chi connectivity index (χ3n) is 8.74. The topological polar surface area (TPSA) is 68.3 Å². The highest BCUT2D eigenvalue weighted by atomic mass is 15.0. The minimum absolute atomic E-state index is 0.0491. The number of allylic oxidation sites excluding steroid dienone is 2. The Kier molecular flexibility index (Phi) is 7.02. The van der Waals surface area contributed by atoms with Crippen molar-refractivity contribution in [2.45, 2.75) is 51.5 Å². The fourth-order valence-electron chi connectivity index (χ4n) is 6.71. The second-order valence-corrected chi connectivity index (χ2v) is 11.1. The molecule has 0 radical (unpaired) electrons. The number of aromatic amines is 1. The lowest BCUT2D eigenvalue weighted by atomic mass is 9.70. The number of nitriles is 2. The predicted octanol–water partition coefficient (Wildman–Crippen LogP) is 8.65. The first-order valence-corrected chi connectivity index (χ1v) is 14.4. The fraction of sp³-hybridized carbons (Fsp3) is 0.278. The number of aromatic nitrogens is 2. The van der Waals surface area contributed by atoms with Gasteiger partial charge in [-0.05, 0) is 60.4 Å². The largest absolute Gasteiger partial charge is 0.358 e. The van der Waals surface area contributed by atoms with Crippen molar-refractivity contribution in [2.24, 2.45) is 11.3 Å². The van der Waals surface area contributed by atoms with E-state index >= 15 is 0 Å². The summed E-state index contributed by atoms with van der Waals surface area (Å²) in [6.45, 7) is 2.93. The van der Waals surface area contributed by atoms with Gasteiger partial charge in [0.05, 0.1) is 12.1 Å². The molecule has 5 aromatic rings.